The van der Waals surface area contributed by atoms with Crippen LogP contribution in [0.4, 0.5) is 5.82 Å². The van der Waals surface area contributed by atoms with Gasteiger partial charge in [0.15, 0.2) is 5.82 Å². The number of hydrogen-bond acceptors (Lipinski definition) is 7. The highest BCUT2D eigenvalue weighted by Crippen LogP contribution is 2.23. The Morgan fingerprint density at radius 3 is 2.56 bits per heavy atom. The van der Waals surface area contributed by atoms with Gasteiger partial charge in [-0.1, -0.05) is 0 Å². The number of piperazine rings is 1. The van der Waals surface area contributed by atoms with Gasteiger partial charge in [0.05, 0.1) is 5.60 Å². The molecule has 0 amide bonds. The molecule has 1 saturated heterocycles. The van der Waals surface area contributed by atoms with Crippen LogP contribution in [0.2, 0.25) is 0 Å². The van der Waals surface area contributed by atoms with E-state index in [2.05, 4.69) is 33.7 Å². The molecule has 0 bridgehead atoms. The fourth-order valence-electron chi connectivity index (χ4n) is 3.06. The molecule has 2 unspecified atom stereocenters. The largest absolute Gasteiger partial charge is 0.388 e. The number of aliphatic hydroxyl groups excluding tert-OH is 1. The van der Waals surface area contributed by atoms with Crippen LogP contribution in [0.15, 0.2) is 29.5 Å². The highest BCUT2D eigenvalue weighted by atomic mass is 16.3. The number of hydrogen-bond donors (Lipinski definition) is 3. The third-order valence-electron chi connectivity index (χ3n) is 4.74. The van der Waals surface area contributed by atoms with Crippen LogP contribution in [0.1, 0.15) is 40.4 Å². The first-order chi connectivity index (χ1) is 12.6. The van der Waals surface area contributed by atoms with Crippen molar-refractivity contribution in [3.63, 3.8) is 0 Å². The maximum absolute atomic E-state index is 9.88. The van der Waals surface area contributed by atoms with E-state index in [1.54, 1.807) is 39.2 Å². The minimum Gasteiger partial charge on any atom is -0.388 e. The molecule has 8 nitrogen and oxygen atoms in total. The zero-order chi connectivity index (χ0) is 20.2. The summed E-state index contributed by atoms with van der Waals surface area (Å²) in [6.45, 7) is 10.5. The number of aliphatic hydroxyl groups is 2. The average Bonchev–Trinajstić information content (AvgIpc) is 2.60. The molecule has 27 heavy (non-hydrogen) atoms. The summed E-state index contributed by atoms with van der Waals surface area (Å²) in [7, 11) is 0. The van der Waals surface area contributed by atoms with E-state index in [9.17, 15) is 10.2 Å². The lowest BCUT2D eigenvalue weighted by Crippen LogP contribution is -2.58. The van der Waals surface area contributed by atoms with Gasteiger partial charge in [0.2, 0.25) is 0 Å². The van der Waals surface area contributed by atoms with Crippen LogP contribution in [0.5, 0.6) is 0 Å². The maximum Gasteiger partial charge on any atom is 0.156 e. The molecule has 8 heteroatoms. The lowest BCUT2D eigenvalue weighted by atomic mass is 10.1. The molecule has 1 aliphatic rings. The van der Waals surface area contributed by atoms with Crippen molar-refractivity contribution in [3.05, 3.63) is 30.4 Å². The summed E-state index contributed by atoms with van der Waals surface area (Å²) in [6, 6.07) is 2.14. The van der Waals surface area contributed by atoms with Crippen LogP contribution in [-0.2, 0) is 6.61 Å². The van der Waals surface area contributed by atoms with Crippen molar-refractivity contribution < 1.29 is 10.2 Å². The number of aromatic nitrogens is 2. The molecule has 1 fully saturated rings. The van der Waals surface area contributed by atoms with Gasteiger partial charge in [-0.15, -0.1) is 0 Å². The zero-order valence-electron chi connectivity index (χ0n) is 16.7. The Hall–Kier alpha value is -2.32. The Balaban J connectivity index is 2.06. The minimum absolute atomic E-state index is 0.144. The first-order valence-corrected chi connectivity index (χ1v) is 9.12. The van der Waals surface area contributed by atoms with Crippen molar-refractivity contribution in [3.8, 4) is 0 Å². The van der Waals surface area contributed by atoms with Crippen LogP contribution >= 0.6 is 0 Å². The van der Waals surface area contributed by atoms with Gasteiger partial charge >= 0.3 is 0 Å². The molecule has 0 radical (unpaired) electrons. The van der Waals surface area contributed by atoms with Crippen molar-refractivity contribution in [2.45, 2.75) is 58.9 Å². The molecule has 2 rings (SSSR count). The molecule has 0 spiro atoms. The van der Waals surface area contributed by atoms with Crippen LogP contribution in [-0.4, -0.2) is 67.4 Å². The lowest BCUT2D eigenvalue weighted by molar-refractivity contribution is 0.153. The monoisotopic (exact) mass is 374 g/mol. The molecule has 1 aromatic rings. The summed E-state index contributed by atoms with van der Waals surface area (Å²) in [5.41, 5.74) is -0.367. The van der Waals surface area contributed by atoms with E-state index in [0.29, 0.717) is 30.5 Å². The standard InChI is InChI=1S/C19H30N6O2/c1-13-10-24(16(20)6-8-21-15(3)19(4,5)27)11-14(2)25(13)18-7-9-22-17(12-26)23-18/h6-9,13-14,20,26-27H,10-12H2,1-5H3/b8-6-,20-16?,21-15?. The van der Waals surface area contributed by atoms with Gasteiger partial charge < -0.3 is 20.0 Å². The van der Waals surface area contributed by atoms with Crippen LogP contribution < -0.4 is 4.90 Å². The quantitative estimate of drug-likeness (QED) is 0.533. The molecule has 1 aromatic heterocycles. The fourth-order valence-corrected chi connectivity index (χ4v) is 3.06. The molecule has 1 aliphatic heterocycles. The Bertz CT molecular complexity index is 713. The second-order valence-electron chi connectivity index (χ2n) is 7.47. The highest BCUT2D eigenvalue weighted by molar-refractivity contribution is 5.92. The summed E-state index contributed by atoms with van der Waals surface area (Å²) in [5, 5.41) is 27.5. The van der Waals surface area contributed by atoms with Crippen molar-refractivity contribution in [2.75, 3.05) is 18.0 Å². The van der Waals surface area contributed by atoms with Crippen molar-refractivity contribution >= 4 is 17.4 Å². The third kappa shape index (κ3) is 5.33. The fraction of sp³-hybridized carbons (Fsp3) is 0.579. The first kappa shape index (κ1) is 21.0. The van der Waals surface area contributed by atoms with Crippen molar-refractivity contribution in [2.24, 2.45) is 4.99 Å². The number of rotatable bonds is 5. The van der Waals surface area contributed by atoms with Crippen molar-refractivity contribution in [1.82, 2.24) is 14.9 Å². The number of nitrogens with zero attached hydrogens (tertiary/aromatic N) is 5. The predicted molar refractivity (Wildman–Crippen MR) is 107 cm³/mol. The molecule has 2 atom stereocenters. The molecular formula is C19H30N6O2. The smallest absolute Gasteiger partial charge is 0.156 e. The van der Waals surface area contributed by atoms with Gasteiger partial charge in [-0.2, -0.15) is 0 Å². The molecule has 2 heterocycles. The molecule has 148 valence electrons. The molecule has 3 N–H and O–H groups in total. The van der Waals surface area contributed by atoms with E-state index in [0.717, 1.165) is 5.82 Å². The first-order valence-electron chi connectivity index (χ1n) is 9.12. The van der Waals surface area contributed by atoms with E-state index in [4.69, 9.17) is 5.41 Å². The third-order valence-corrected chi connectivity index (χ3v) is 4.74. The highest BCUT2D eigenvalue weighted by Gasteiger charge is 2.31. The summed E-state index contributed by atoms with van der Waals surface area (Å²) in [4.78, 5) is 16.9. The maximum atomic E-state index is 9.88. The summed E-state index contributed by atoms with van der Waals surface area (Å²) in [6.07, 6.45) is 4.88. The van der Waals surface area contributed by atoms with Gasteiger partial charge in [0, 0.05) is 43.3 Å². The minimum atomic E-state index is -0.966. The second kappa shape index (κ2) is 8.58. The Kier molecular flexibility index (Phi) is 6.67. The van der Waals surface area contributed by atoms with Crippen LogP contribution in [0.25, 0.3) is 0 Å². The molecule has 0 saturated carbocycles. The van der Waals surface area contributed by atoms with Crippen molar-refractivity contribution in [1.29, 1.82) is 5.41 Å². The Morgan fingerprint density at radius 1 is 1.37 bits per heavy atom. The van der Waals surface area contributed by atoms with Crippen LogP contribution in [0, 0.1) is 5.41 Å². The van der Waals surface area contributed by atoms with Crippen LogP contribution in [0.3, 0.4) is 0 Å². The lowest BCUT2D eigenvalue weighted by Gasteiger charge is -2.45. The number of nitrogens with one attached hydrogen (secondary N) is 1. The zero-order valence-corrected chi connectivity index (χ0v) is 16.7. The van der Waals surface area contributed by atoms with Gasteiger partial charge in [0.1, 0.15) is 18.3 Å². The summed E-state index contributed by atoms with van der Waals surface area (Å²) >= 11 is 0. The number of amidine groups is 1. The summed E-state index contributed by atoms with van der Waals surface area (Å²) in [5.74, 6) is 1.59. The topological polar surface area (TPSA) is 109 Å². The SMILES string of the molecule is CC(=N/C=C\C(=N)N1CC(C)N(c2ccnc(CO)n2)C(C)C1)C(C)(C)O. The normalized spacial score (nSPS) is 21.8. The van der Waals surface area contributed by atoms with E-state index in [1.165, 1.54) is 0 Å². The van der Waals surface area contributed by atoms with E-state index >= 15 is 0 Å². The molecule has 0 aromatic carbocycles. The predicted octanol–water partition coefficient (Wildman–Crippen LogP) is 1.59. The van der Waals surface area contributed by atoms with Gasteiger partial charge in [0.25, 0.3) is 0 Å². The summed E-state index contributed by atoms with van der Waals surface area (Å²) < 4.78 is 0. The van der Waals surface area contributed by atoms with Gasteiger partial charge in [-0.05, 0) is 46.8 Å². The van der Waals surface area contributed by atoms with E-state index in [1.807, 2.05) is 11.0 Å². The van der Waals surface area contributed by atoms with E-state index in [-0.39, 0.29) is 18.7 Å². The van der Waals surface area contributed by atoms with Gasteiger partial charge in [-0.3, -0.25) is 10.4 Å². The number of aliphatic imine (C=N–C) groups is 1. The molecule has 0 aliphatic carbocycles. The van der Waals surface area contributed by atoms with Gasteiger partial charge in [-0.25, -0.2) is 9.97 Å². The number of anilines is 1. The average molecular weight is 374 g/mol. The Labute approximate surface area is 160 Å². The second-order valence-corrected chi connectivity index (χ2v) is 7.47. The van der Waals surface area contributed by atoms with E-state index < -0.39 is 5.60 Å². The molecular weight excluding hydrogens is 344 g/mol. The Morgan fingerprint density at radius 2 is 2.00 bits per heavy atom.